The van der Waals surface area contributed by atoms with Crippen LogP contribution in [0.2, 0.25) is 0 Å². The van der Waals surface area contributed by atoms with Gasteiger partial charge in [-0.25, -0.2) is 12.8 Å². The largest absolute Gasteiger partial charge is 0.366 e. The molecule has 0 spiro atoms. The maximum absolute atomic E-state index is 14.1. The van der Waals surface area contributed by atoms with Crippen molar-refractivity contribution in [3.8, 4) is 0 Å². The van der Waals surface area contributed by atoms with Crippen molar-refractivity contribution in [3.05, 3.63) is 59.4 Å². The Kier molecular flexibility index (Phi) is 6.53. The van der Waals surface area contributed by atoms with Crippen molar-refractivity contribution in [1.29, 1.82) is 0 Å². The highest BCUT2D eigenvalue weighted by Gasteiger charge is 2.36. The average molecular weight is 460 g/mol. The Labute approximate surface area is 189 Å². The molecule has 0 bridgehead atoms. The number of nitrogens with zero attached hydrogens (tertiary/aromatic N) is 3. The van der Waals surface area contributed by atoms with Crippen molar-refractivity contribution in [2.75, 3.05) is 44.2 Å². The van der Waals surface area contributed by atoms with Gasteiger partial charge in [-0.15, -0.1) is 0 Å². The Morgan fingerprint density at radius 3 is 2.44 bits per heavy atom. The van der Waals surface area contributed by atoms with Gasteiger partial charge >= 0.3 is 0 Å². The fourth-order valence-corrected chi connectivity index (χ4v) is 6.45. The zero-order chi connectivity index (χ0) is 22.9. The van der Waals surface area contributed by atoms with Crippen LogP contribution < -0.4 is 4.90 Å². The fraction of sp³-hybridized carbons (Fsp3) is 0.458. The molecule has 8 heteroatoms. The van der Waals surface area contributed by atoms with E-state index in [2.05, 4.69) is 0 Å². The summed E-state index contributed by atoms with van der Waals surface area (Å²) in [5.74, 6) is -0.602. The van der Waals surface area contributed by atoms with Crippen molar-refractivity contribution in [2.45, 2.75) is 31.6 Å². The van der Waals surface area contributed by atoms with E-state index in [0.717, 1.165) is 5.56 Å². The lowest BCUT2D eigenvalue weighted by Gasteiger charge is -2.39. The number of para-hydroxylation sites is 1. The Morgan fingerprint density at radius 2 is 1.72 bits per heavy atom. The van der Waals surface area contributed by atoms with Crippen molar-refractivity contribution in [2.24, 2.45) is 5.92 Å². The molecule has 0 aliphatic carbocycles. The number of benzene rings is 2. The molecular weight excluding hydrogens is 429 g/mol. The quantitative estimate of drug-likeness (QED) is 0.705. The lowest BCUT2D eigenvalue weighted by molar-refractivity contribution is -0.137. The molecule has 172 valence electrons. The van der Waals surface area contributed by atoms with Gasteiger partial charge in [-0.05, 0) is 56.0 Å². The number of anilines is 1. The molecule has 0 saturated carbocycles. The van der Waals surface area contributed by atoms with Crippen LogP contribution in [0.1, 0.15) is 24.0 Å². The number of carbonyl (C=O) groups excluding carboxylic acids is 1. The molecule has 2 aliphatic rings. The van der Waals surface area contributed by atoms with E-state index < -0.39 is 10.0 Å². The maximum atomic E-state index is 14.1. The minimum Gasteiger partial charge on any atom is -0.366 e. The van der Waals surface area contributed by atoms with Crippen LogP contribution in [0.3, 0.4) is 0 Å². The van der Waals surface area contributed by atoms with E-state index in [1.807, 2.05) is 30.0 Å². The molecule has 0 N–H and O–H groups in total. The van der Waals surface area contributed by atoms with Gasteiger partial charge in [-0.2, -0.15) is 4.31 Å². The second-order valence-electron chi connectivity index (χ2n) is 8.73. The van der Waals surface area contributed by atoms with Crippen LogP contribution in [0.5, 0.6) is 0 Å². The van der Waals surface area contributed by atoms with E-state index in [1.165, 1.54) is 10.4 Å². The molecular formula is C24H30FN3O3S. The number of halogens is 1. The molecule has 1 atom stereocenters. The molecule has 2 saturated heterocycles. The maximum Gasteiger partial charge on any atom is 0.243 e. The Morgan fingerprint density at radius 1 is 1.00 bits per heavy atom. The molecule has 32 heavy (non-hydrogen) atoms. The standard InChI is InChI=1S/C24H30FN3O3S/c1-18-9-10-19(2)23(16-18)32(30,31)28-11-5-6-20(17-28)24(29)27-14-12-26(13-15-27)22-8-4-3-7-21(22)25/h3-4,7-10,16,20H,5-6,11-15,17H2,1-2H3/t20-/m0/s1. The molecule has 0 unspecified atom stereocenters. The predicted octanol–water partition coefficient (Wildman–Crippen LogP) is 3.19. The summed E-state index contributed by atoms with van der Waals surface area (Å²) in [4.78, 5) is 17.3. The SMILES string of the molecule is Cc1ccc(C)c(S(=O)(=O)N2CCC[C@H](C(=O)N3CCN(c4ccccc4F)CC3)C2)c1. The second-order valence-corrected chi connectivity index (χ2v) is 10.6. The molecule has 2 aromatic carbocycles. The van der Waals surface area contributed by atoms with Crippen LogP contribution >= 0.6 is 0 Å². The minimum absolute atomic E-state index is 0.000882. The molecule has 0 aromatic heterocycles. The van der Waals surface area contributed by atoms with Crippen LogP contribution in [0.25, 0.3) is 0 Å². The summed E-state index contributed by atoms with van der Waals surface area (Å²) in [6.07, 6.45) is 1.35. The van der Waals surface area contributed by atoms with Gasteiger partial charge in [0.2, 0.25) is 15.9 Å². The fourth-order valence-electron chi connectivity index (χ4n) is 4.62. The van der Waals surface area contributed by atoms with Gasteiger partial charge in [0.25, 0.3) is 0 Å². The number of aryl methyl sites for hydroxylation is 2. The first-order valence-corrected chi connectivity index (χ1v) is 12.6. The number of hydrogen-bond donors (Lipinski definition) is 0. The lowest BCUT2D eigenvalue weighted by atomic mass is 9.97. The minimum atomic E-state index is -3.65. The van der Waals surface area contributed by atoms with Crippen LogP contribution in [-0.2, 0) is 14.8 Å². The third-order valence-corrected chi connectivity index (χ3v) is 8.49. The normalized spacial score (nSPS) is 20.4. The Hall–Kier alpha value is -2.45. The Bertz CT molecular complexity index is 1100. The smallest absolute Gasteiger partial charge is 0.243 e. The highest BCUT2D eigenvalue weighted by molar-refractivity contribution is 7.89. The molecule has 0 radical (unpaired) electrons. The van der Waals surface area contributed by atoms with E-state index in [1.54, 1.807) is 30.0 Å². The Balaban J connectivity index is 1.42. The molecule has 4 rings (SSSR count). The van der Waals surface area contributed by atoms with E-state index in [4.69, 9.17) is 0 Å². The lowest BCUT2D eigenvalue weighted by Crippen LogP contribution is -2.53. The molecule has 2 heterocycles. The van der Waals surface area contributed by atoms with Gasteiger partial charge < -0.3 is 9.80 Å². The summed E-state index contributed by atoms with van der Waals surface area (Å²) in [7, 11) is -3.65. The van der Waals surface area contributed by atoms with Gasteiger partial charge in [0.1, 0.15) is 5.82 Å². The topological polar surface area (TPSA) is 60.9 Å². The number of sulfonamides is 1. The molecule has 2 fully saturated rings. The van der Waals surface area contributed by atoms with Gasteiger partial charge in [0.15, 0.2) is 0 Å². The van der Waals surface area contributed by atoms with Crippen LogP contribution in [0, 0.1) is 25.6 Å². The monoisotopic (exact) mass is 459 g/mol. The van der Waals surface area contributed by atoms with Crippen LogP contribution in [0.4, 0.5) is 10.1 Å². The van der Waals surface area contributed by atoms with E-state index >= 15 is 0 Å². The number of amides is 1. The summed E-state index contributed by atoms with van der Waals surface area (Å²) >= 11 is 0. The van der Waals surface area contributed by atoms with E-state index in [9.17, 15) is 17.6 Å². The second kappa shape index (κ2) is 9.19. The van der Waals surface area contributed by atoms with Crippen molar-refractivity contribution >= 4 is 21.6 Å². The third-order valence-electron chi connectivity index (χ3n) is 6.48. The van der Waals surface area contributed by atoms with Gasteiger partial charge in [0, 0.05) is 39.3 Å². The number of hydrogen-bond acceptors (Lipinski definition) is 4. The summed E-state index contributed by atoms with van der Waals surface area (Å²) in [6, 6.07) is 12.1. The van der Waals surface area contributed by atoms with E-state index in [-0.39, 0.29) is 24.2 Å². The predicted molar refractivity (Wildman–Crippen MR) is 123 cm³/mol. The number of rotatable bonds is 4. The van der Waals surface area contributed by atoms with Crippen LogP contribution in [-0.4, -0.2) is 62.8 Å². The third kappa shape index (κ3) is 4.52. The van der Waals surface area contributed by atoms with Crippen LogP contribution in [0.15, 0.2) is 47.4 Å². The number of carbonyl (C=O) groups is 1. The van der Waals surface area contributed by atoms with Crippen molar-refractivity contribution < 1.29 is 17.6 Å². The zero-order valence-corrected chi connectivity index (χ0v) is 19.4. The first-order valence-electron chi connectivity index (χ1n) is 11.1. The molecule has 2 aliphatic heterocycles. The number of piperazine rings is 1. The van der Waals surface area contributed by atoms with Gasteiger partial charge in [-0.1, -0.05) is 24.3 Å². The van der Waals surface area contributed by atoms with Gasteiger partial charge in [0.05, 0.1) is 16.5 Å². The highest BCUT2D eigenvalue weighted by Crippen LogP contribution is 2.28. The molecule has 2 aromatic rings. The molecule has 6 nitrogen and oxygen atoms in total. The summed E-state index contributed by atoms with van der Waals surface area (Å²) in [6.45, 7) is 6.45. The van der Waals surface area contributed by atoms with Crippen molar-refractivity contribution in [3.63, 3.8) is 0 Å². The first-order chi connectivity index (χ1) is 15.3. The summed E-state index contributed by atoms with van der Waals surface area (Å²) in [5.41, 5.74) is 2.17. The summed E-state index contributed by atoms with van der Waals surface area (Å²) < 4.78 is 42.1. The first kappa shape index (κ1) is 22.7. The number of piperidine rings is 1. The van der Waals surface area contributed by atoms with E-state index in [0.29, 0.717) is 61.7 Å². The van der Waals surface area contributed by atoms with Crippen molar-refractivity contribution in [1.82, 2.24) is 9.21 Å². The van der Waals surface area contributed by atoms with Gasteiger partial charge in [-0.3, -0.25) is 4.79 Å². The summed E-state index contributed by atoms with van der Waals surface area (Å²) in [5, 5.41) is 0. The highest BCUT2D eigenvalue weighted by atomic mass is 32.2. The molecule has 1 amide bonds. The average Bonchev–Trinajstić information content (AvgIpc) is 2.80. The zero-order valence-electron chi connectivity index (χ0n) is 18.6.